The summed E-state index contributed by atoms with van der Waals surface area (Å²) < 4.78 is 15.3. The highest BCUT2D eigenvalue weighted by molar-refractivity contribution is 5.85. The molecule has 0 aliphatic carbocycles. The van der Waals surface area contributed by atoms with Crippen molar-refractivity contribution in [3.63, 3.8) is 0 Å². The number of carboxylic acids is 1. The molecule has 1 heterocycles. The van der Waals surface area contributed by atoms with Crippen LogP contribution in [0.3, 0.4) is 0 Å². The molecule has 1 rings (SSSR count). The maximum absolute atomic E-state index is 12.3. The number of carbonyl (C=O) groups excluding carboxylic acids is 2. The van der Waals surface area contributed by atoms with Gasteiger partial charge < -0.3 is 24.4 Å². The van der Waals surface area contributed by atoms with Crippen molar-refractivity contribution >= 4 is 18.0 Å². The van der Waals surface area contributed by atoms with Crippen LogP contribution in [0.15, 0.2) is 10.6 Å². The molecule has 0 fully saturated rings. The molecule has 0 unspecified atom stereocenters. The Labute approximate surface area is 145 Å². The number of rotatable bonds is 5. The van der Waals surface area contributed by atoms with Gasteiger partial charge in [-0.05, 0) is 41.5 Å². The average molecular weight is 356 g/mol. The summed E-state index contributed by atoms with van der Waals surface area (Å²) in [5, 5.41) is 14.6. The number of alkyl carbamates (subject to hydrolysis) is 1. The molecule has 0 radical (unpaired) electrons. The van der Waals surface area contributed by atoms with Crippen LogP contribution < -0.4 is 5.32 Å². The van der Waals surface area contributed by atoms with Crippen molar-refractivity contribution in [1.29, 1.82) is 0 Å². The zero-order valence-electron chi connectivity index (χ0n) is 15.2. The first-order valence-electron chi connectivity index (χ1n) is 7.68. The van der Waals surface area contributed by atoms with Gasteiger partial charge in [-0.1, -0.05) is 5.16 Å². The number of carbonyl (C=O) groups is 3. The largest absolute Gasteiger partial charge is 0.476 e. The number of hydrogen-bond acceptors (Lipinski definition) is 7. The topological polar surface area (TPSA) is 128 Å². The van der Waals surface area contributed by atoms with Crippen molar-refractivity contribution in [1.82, 2.24) is 10.5 Å². The van der Waals surface area contributed by atoms with Gasteiger partial charge in [0.1, 0.15) is 23.0 Å². The minimum Gasteiger partial charge on any atom is -0.476 e. The molecule has 25 heavy (non-hydrogen) atoms. The van der Waals surface area contributed by atoms with Crippen LogP contribution in [0.4, 0.5) is 4.79 Å². The molecule has 1 atom stereocenters. The maximum atomic E-state index is 12.3. The minimum atomic E-state index is -1.26. The molecule has 1 aromatic heterocycles. The Balaban J connectivity index is 2.91. The predicted octanol–water partition coefficient (Wildman–Crippen LogP) is 2.15. The predicted molar refractivity (Wildman–Crippen MR) is 86.2 cm³/mol. The smallest absolute Gasteiger partial charge is 0.408 e. The van der Waals surface area contributed by atoms with Crippen molar-refractivity contribution in [2.45, 2.75) is 65.2 Å². The van der Waals surface area contributed by atoms with E-state index in [9.17, 15) is 14.4 Å². The Hall–Kier alpha value is -2.58. The highest BCUT2D eigenvalue weighted by Crippen LogP contribution is 2.14. The summed E-state index contributed by atoms with van der Waals surface area (Å²) in [4.78, 5) is 35.1. The lowest BCUT2D eigenvalue weighted by Gasteiger charge is -2.25. The van der Waals surface area contributed by atoms with E-state index in [-0.39, 0.29) is 17.9 Å². The molecular weight excluding hydrogens is 332 g/mol. The SMILES string of the molecule is CC(C)(C)OC(=O)N[C@@H](Cc1cc(C(=O)O)no1)C(=O)OC(C)(C)C. The lowest BCUT2D eigenvalue weighted by atomic mass is 10.1. The summed E-state index contributed by atoms with van der Waals surface area (Å²) in [7, 11) is 0. The van der Waals surface area contributed by atoms with E-state index < -0.39 is 35.3 Å². The fraction of sp³-hybridized carbons (Fsp3) is 0.625. The highest BCUT2D eigenvalue weighted by atomic mass is 16.6. The van der Waals surface area contributed by atoms with E-state index >= 15 is 0 Å². The monoisotopic (exact) mass is 356 g/mol. The molecule has 1 amide bonds. The molecule has 1 aromatic rings. The number of aromatic nitrogens is 1. The van der Waals surface area contributed by atoms with Gasteiger partial charge >= 0.3 is 18.0 Å². The van der Waals surface area contributed by atoms with Gasteiger partial charge in [0.25, 0.3) is 0 Å². The van der Waals surface area contributed by atoms with Crippen molar-refractivity contribution < 1.29 is 33.5 Å². The number of nitrogens with zero attached hydrogens (tertiary/aromatic N) is 1. The molecule has 0 bridgehead atoms. The van der Waals surface area contributed by atoms with Crippen molar-refractivity contribution in [2.75, 3.05) is 0 Å². The number of aromatic carboxylic acids is 1. The Morgan fingerprint density at radius 1 is 1.16 bits per heavy atom. The molecule has 140 valence electrons. The summed E-state index contributed by atoms with van der Waals surface area (Å²) in [6, 6.07) is 0.0555. The molecule has 0 aromatic carbocycles. The second kappa shape index (κ2) is 7.54. The number of amides is 1. The summed E-state index contributed by atoms with van der Waals surface area (Å²) in [5.74, 6) is -1.85. The van der Waals surface area contributed by atoms with Gasteiger partial charge in [0, 0.05) is 12.5 Å². The zero-order chi connectivity index (χ0) is 19.4. The van der Waals surface area contributed by atoms with Gasteiger partial charge in [-0.15, -0.1) is 0 Å². The molecule has 0 aliphatic heterocycles. The van der Waals surface area contributed by atoms with Crippen LogP contribution in [0, 0.1) is 0 Å². The Kier molecular flexibility index (Phi) is 6.17. The van der Waals surface area contributed by atoms with Crippen molar-refractivity contribution in [3.8, 4) is 0 Å². The number of esters is 1. The molecule has 0 aliphatic rings. The normalized spacial score (nSPS) is 13.0. The van der Waals surface area contributed by atoms with Crippen LogP contribution in [0.1, 0.15) is 57.8 Å². The number of carboxylic acid groups (broad SMARTS) is 1. The quantitative estimate of drug-likeness (QED) is 0.768. The molecule has 0 spiro atoms. The second-order valence-corrected chi connectivity index (χ2v) is 7.42. The standard InChI is InChI=1S/C16H24N2O7/c1-15(2,3)23-13(21)11(17-14(22)24-16(4,5)6)8-9-7-10(12(19)20)18-25-9/h7,11H,8H2,1-6H3,(H,17,22)(H,19,20)/t11-/m0/s1. The third-order valence-electron chi connectivity index (χ3n) is 2.57. The van der Waals surface area contributed by atoms with Gasteiger partial charge in [-0.3, -0.25) is 0 Å². The zero-order valence-corrected chi connectivity index (χ0v) is 15.2. The number of hydrogen-bond donors (Lipinski definition) is 2. The minimum absolute atomic E-state index is 0.115. The van der Waals surface area contributed by atoms with Crippen molar-refractivity contribution in [3.05, 3.63) is 17.5 Å². The van der Waals surface area contributed by atoms with E-state index in [0.29, 0.717) is 0 Å². The lowest BCUT2D eigenvalue weighted by molar-refractivity contribution is -0.157. The van der Waals surface area contributed by atoms with Gasteiger partial charge in [0.05, 0.1) is 0 Å². The van der Waals surface area contributed by atoms with Crippen LogP contribution in [0.5, 0.6) is 0 Å². The van der Waals surface area contributed by atoms with Gasteiger partial charge in [0.15, 0.2) is 5.69 Å². The van der Waals surface area contributed by atoms with E-state index in [2.05, 4.69) is 10.5 Å². The van der Waals surface area contributed by atoms with Gasteiger partial charge in [-0.25, -0.2) is 14.4 Å². The van der Waals surface area contributed by atoms with E-state index in [0.717, 1.165) is 0 Å². The summed E-state index contributed by atoms with van der Waals surface area (Å²) in [6.45, 7) is 10.1. The van der Waals surface area contributed by atoms with Crippen LogP contribution in [-0.4, -0.2) is 45.5 Å². The third-order valence-corrected chi connectivity index (χ3v) is 2.57. The van der Waals surface area contributed by atoms with Gasteiger partial charge in [0.2, 0.25) is 0 Å². The van der Waals surface area contributed by atoms with E-state index in [1.807, 2.05) is 0 Å². The second-order valence-electron chi connectivity index (χ2n) is 7.42. The highest BCUT2D eigenvalue weighted by Gasteiger charge is 2.30. The van der Waals surface area contributed by atoms with E-state index in [4.69, 9.17) is 19.1 Å². The molecule has 9 heteroatoms. The first kappa shape index (κ1) is 20.5. The van der Waals surface area contributed by atoms with Crippen LogP contribution in [0.2, 0.25) is 0 Å². The van der Waals surface area contributed by atoms with Crippen LogP contribution in [-0.2, 0) is 20.7 Å². The number of ether oxygens (including phenoxy) is 2. The third kappa shape index (κ3) is 7.69. The lowest BCUT2D eigenvalue weighted by Crippen LogP contribution is -2.47. The van der Waals surface area contributed by atoms with Crippen LogP contribution in [0.25, 0.3) is 0 Å². The van der Waals surface area contributed by atoms with Crippen LogP contribution >= 0.6 is 0 Å². The molecule has 9 nitrogen and oxygen atoms in total. The van der Waals surface area contributed by atoms with E-state index in [1.165, 1.54) is 6.07 Å². The van der Waals surface area contributed by atoms with Crippen molar-refractivity contribution in [2.24, 2.45) is 0 Å². The summed E-state index contributed by atoms with van der Waals surface area (Å²) in [6.07, 6.45) is -0.935. The Bertz CT molecular complexity index is 638. The molecular formula is C16H24N2O7. The first-order chi connectivity index (χ1) is 11.3. The maximum Gasteiger partial charge on any atom is 0.408 e. The molecule has 0 saturated heterocycles. The first-order valence-corrected chi connectivity index (χ1v) is 7.68. The number of nitrogens with one attached hydrogen (secondary N) is 1. The fourth-order valence-corrected chi connectivity index (χ4v) is 1.73. The molecule has 2 N–H and O–H groups in total. The summed E-state index contributed by atoms with van der Waals surface area (Å²) in [5.41, 5.74) is -1.81. The fourth-order valence-electron chi connectivity index (χ4n) is 1.73. The average Bonchev–Trinajstić information content (AvgIpc) is 2.82. The Morgan fingerprint density at radius 3 is 2.16 bits per heavy atom. The summed E-state index contributed by atoms with van der Waals surface area (Å²) >= 11 is 0. The van der Waals surface area contributed by atoms with Gasteiger partial charge in [-0.2, -0.15) is 0 Å². The Morgan fingerprint density at radius 2 is 1.72 bits per heavy atom. The molecule has 0 saturated carbocycles. The van der Waals surface area contributed by atoms with E-state index in [1.54, 1.807) is 41.5 Å².